The average molecular weight is 647 g/mol. The zero-order chi connectivity index (χ0) is 21.7. The van der Waals surface area contributed by atoms with E-state index < -0.39 is 0 Å². The van der Waals surface area contributed by atoms with Crippen LogP contribution in [0.2, 0.25) is 0 Å². The second-order valence-electron chi connectivity index (χ2n) is 6.32. The maximum absolute atomic E-state index is 12.2. The molecule has 0 aliphatic heterocycles. The van der Waals surface area contributed by atoms with E-state index in [9.17, 15) is 9.90 Å². The fourth-order valence-electron chi connectivity index (χ4n) is 2.62. The van der Waals surface area contributed by atoms with Gasteiger partial charge in [-0.25, -0.2) is 5.43 Å². The van der Waals surface area contributed by atoms with Crippen molar-refractivity contribution in [1.82, 2.24) is 20.2 Å². The summed E-state index contributed by atoms with van der Waals surface area (Å²) in [4.78, 5) is 12.2. The number of hydrazone groups is 1. The largest absolute Gasteiger partial charge is 0.506 e. The van der Waals surface area contributed by atoms with Gasteiger partial charge in [0.15, 0.2) is 11.0 Å². The van der Waals surface area contributed by atoms with E-state index in [1.165, 1.54) is 23.5 Å². The minimum Gasteiger partial charge on any atom is -0.506 e. The van der Waals surface area contributed by atoms with Gasteiger partial charge in [-0.05, 0) is 71.2 Å². The van der Waals surface area contributed by atoms with Crippen molar-refractivity contribution in [2.75, 3.05) is 5.75 Å². The molecule has 2 aromatic carbocycles. The van der Waals surface area contributed by atoms with Gasteiger partial charge in [0.1, 0.15) is 5.75 Å². The molecule has 0 spiro atoms. The number of phenolic OH excluding ortho intramolecular Hbond substituents is 1. The van der Waals surface area contributed by atoms with Gasteiger partial charge in [-0.2, -0.15) is 5.10 Å². The molecule has 0 fully saturated rings. The number of nitrogens with one attached hydrogen (secondary N) is 1. The third-order valence-corrected chi connectivity index (χ3v) is 6.54. The van der Waals surface area contributed by atoms with Crippen molar-refractivity contribution in [3.05, 3.63) is 54.7 Å². The van der Waals surface area contributed by atoms with Crippen molar-refractivity contribution in [2.45, 2.75) is 25.5 Å². The van der Waals surface area contributed by atoms with Crippen LogP contribution >= 0.6 is 56.9 Å². The Balaban J connectivity index is 1.62. The highest BCUT2D eigenvalue weighted by Crippen LogP contribution is 2.26. The normalized spacial score (nSPS) is 11.2. The second kappa shape index (κ2) is 10.6. The molecular formula is C20H19I2N5O2S. The van der Waals surface area contributed by atoms with Crippen LogP contribution in [0.4, 0.5) is 0 Å². The first-order valence-electron chi connectivity index (χ1n) is 9.02. The number of rotatable bonds is 7. The lowest BCUT2D eigenvalue weighted by Crippen LogP contribution is -2.20. The number of carbonyl (C=O) groups is 1. The van der Waals surface area contributed by atoms with E-state index in [-0.39, 0.29) is 17.4 Å². The predicted molar refractivity (Wildman–Crippen MR) is 136 cm³/mol. The topological polar surface area (TPSA) is 92.4 Å². The van der Waals surface area contributed by atoms with Gasteiger partial charge in [0, 0.05) is 21.2 Å². The highest BCUT2D eigenvalue weighted by atomic mass is 127. The fourth-order valence-corrected chi connectivity index (χ4v) is 5.30. The molecule has 0 bridgehead atoms. The number of aryl methyl sites for hydroxylation is 1. The summed E-state index contributed by atoms with van der Waals surface area (Å²) < 4.78 is 3.69. The van der Waals surface area contributed by atoms with E-state index in [0.717, 1.165) is 18.5 Å². The minimum absolute atomic E-state index is 0.142. The van der Waals surface area contributed by atoms with Gasteiger partial charge in [0.2, 0.25) is 0 Å². The first kappa shape index (κ1) is 23.0. The lowest BCUT2D eigenvalue weighted by Gasteiger charge is -2.07. The Morgan fingerprint density at radius 2 is 2.00 bits per heavy atom. The second-order valence-corrected chi connectivity index (χ2v) is 9.67. The number of hydrogen-bond acceptors (Lipinski definition) is 6. The molecule has 0 atom stereocenters. The van der Waals surface area contributed by atoms with Crippen molar-refractivity contribution >= 4 is 69.1 Å². The molecule has 1 heterocycles. The van der Waals surface area contributed by atoms with Crippen molar-refractivity contribution in [3.63, 3.8) is 0 Å². The van der Waals surface area contributed by atoms with E-state index in [4.69, 9.17) is 0 Å². The quantitative estimate of drug-likeness (QED) is 0.172. The summed E-state index contributed by atoms with van der Waals surface area (Å²) in [5.74, 6) is 0.808. The Kier molecular flexibility index (Phi) is 8.11. The minimum atomic E-state index is -0.265. The van der Waals surface area contributed by atoms with Crippen LogP contribution in [0.1, 0.15) is 18.1 Å². The Labute approximate surface area is 206 Å². The van der Waals surface area contributed by atoms with E-state index in [1.807, 2.05) is 48.7 Å². The van der Waals surface area contributed by atoms with Crippen LogP contribution in [0, 0.1) is 14.1 Å². The van der Waals surface area contributed by atoms with Crippen LogP contribution in [-0.2, 0) is 11.3 Å². The lowest BCUT2D eigenvalue weighted by atomic mass is 10.1. The smallest absolute Gasteiger partial charge is 0.250 e. The number of amides is 1. The van der Waals surface area contributed by atoms with Gasteiger partial charge >= 0.3 is 0 Å². The molecular weight excluding hydrogens is 628 g/mol. The molecule has 156 valence electrons. The average Bonchev–Trinajstić information content (AvgIpc) is 3.13. The third-order valence-electron chi connectivity index (χ3n) is 4.13. The summed E-state index contributed by atoms with van der Waals surface area (Å²) in [7, 11) is 0. The molecule has 0 aliphatic carbocycles. The molecule has 0 saturated carbocycles. The van der Waals surface area contributed by atoms with E-state index in [1.54, 1.807) is 6.07 Å². The van der Waals surface area contributed by atoms with Crippen LogP contribution in [0.3, 0.4) is 0 Å². The highest BCUT2D eigenvalue weighted by Gasteiger charge is 2.14. The van der Waals surface area contributed by atoms with Gasteiger partial charge in [-0.3, -0.25) is 4.79 Å². The Morgan fingerprint density at radius 3 is 2.70 bits per heavy atom. The van der Waals surface area contributed by atoms with E-state index in [0.29, 0.717) is 17.3 Å². The predicted octanol–water partition coefficient (Wildman–Crippen LogP) is 4.43. The molecule has 0 aliphatic rings. The molecule has 0 radical (unpaired) electrons. The summed E-state index contributed by atoms with van der Waals surface area (Å²) in [6.07, 6.45) is 1.44. The van der Waals surface area contributed by atoms with Crippen molar-refractivity contribution in [2.24, 2.45) is 5.10 Å². The van der Waals surface area contributed by atoms with E-state index in [2.05, 4.69) is 65.9 Å². The summed E-state index contributed by atoms with van der Waals surface area (Å²) in [6, 6.07) is 11.8. The third kappa shape index (κ3) is 5.72. The number of phenols is 1. The zero-order valence-corrected chi connectivity index (χ0v) is 21.4. The number of thioether (sulfide) groups is 1. The molecule has 2 N–H and O–H groups in total. The monoisotopic (exact) mass is 647 g/mol. The number of nitrogens with zero attached hydrogens (tertiary/aromatic N) is 4. The number of benzene rings is 2. The van der Waals surface area contributed by atoms with E-state index >= 15 is 0 Å². The first-order chi connectivity index (χ1) is 14.4. The first-order valence-corrected chi connectivity index (χ1v) is 12.2. The molecule has 0 saturated heterocycles. The molecule has 1 aromatic heterocycles. The number of aromatic nitrogens is 3. The standard InChI is InChI=1S/C20H19I2N5O2S/c1-3-27-19(13-6-4-12(2)5-7-13)25-26-20(27)30-11-17(28)24-23-10-14-8-15(21)9-16(22)18(14)29/h4-10,29H,3,11H2,1-2H3,(H,24,28). The molecule has 1 amide bonds. The summed E-state index contributed by atoms with van der Waals surface area (Å²) in [5.41, 5.74) is 5.21. The van der Waals surface area contributed by atoms with Crippen LogP contribution in [0.15, 0.2) is 46.7 Å². The molecule has 3 aromatic rings. The number of hydrogen-bond donors (Lipinski definition) is 2. The van der Waals surface area contributed by atoms with Crippen LogP contribution < -0.4 is 5.43 Å². The molecule has 7 nitrogen and oxygen atoms in total. The number of aromatic hydroxyl groups is 1. The Hall–Kier alpha value is -1.67. The van der Waals surface area contributed by atoms with Crippen molar-refractivity contribution in [3.8, 4) is 17.1 Å². The fraction of sp³-hybridized carbons (Fsp3) is 0.200. The zero-order valence-electron chi connectivity index (χ0n) is 16.3. The van der Waals surface area contributed by atoms with Gasteiger partial charge in [-0.1, -0.05) is 41.6 Å². The Morgan fingerprint density at radius 1 is 1.27 bits per heavy atom. The maximum atomic E-state index is 12.2. The van der Waals surface area contributed by atoms with Crippen LogP contribution in [0.25, 0.3) is 11.4 Å². The number of halogens is 2. The van der Waals surface area contributed by atoms with Crippen LogP contribution in [-0.4, -0.2) is 37.7 Å². The van der Waals surface area contributed by atoms with Gasteiger partial charge in [0.05, 0.1) is 15.5 Å². The summed E-state index contributed by atoms with van der Waals surface area (Å²) in [5, 5.41) is 23.2. The SMILES string of the molecule is CCn1c(SCC(=O)NN=Cc2cc(I)cc(I)c2O)nnc1-c1ccc(C)cc1. The molecule has 0 unspecified atom stereocenters. The van der Waals surface area contributed by atoms with Gasteiger partial charge < -0.3 is 9.67 Å². The summed E-state index contributed by atoms with van der Waals surface area (Å²) >= 11 is 5.52. The number of carbonyl (C=O) groups excluding carboxylic acids is 1. The highest BCUT2D eigenvalue weighted by molar-refractivity contribution is 14.1. The molecule has 30 heavy (non-hydrogen) atoms. The lowest BCUT2D eigenvalue weighted by molar-refractivity contribution is -0.118. The van der Waals surface area contributed by atoms with Gasteiger partial charge in [0.25, 0.3) is 5.91 Å². The maximum Gasteiger partial charge on any atom is 0.250 e. The van der Waals surface area contributed by atoms with Gasteiger partial charge in [-0.15, -0.1) is 10.2 Å². The van der Waals surface area contributed by atoms with Crippen LogP contribution in [0.5, 0.6) is 5.75 Å². The summed E-state index contributed by atoms with van der Waals surface area (Å²) in [6.45, 7) is 4.75. The molecule has 10 heteroatoms. The van der Waals surface area contributed by atoms with Crippen molar-refractivity contribution < 1.29 is 9.90 Å². The van der Waals surface area contributed by atoms with Crippen molar-refractivity contribution in [1.29, 1.82) is 0 Å². The Bertz CT molecular complexity index is 1080. The molecule has 3 rings (SSSR count).